The minimum atomic E-state index is -0.102. The molecule has 0 aliphatic carbocycles. The molecule has 0 unspecified atom stereocenters. The molecule has 0 aromatic carbocycles. The Hall–Kier alpha value is -1.05. The minimum Gasteiger partial charge on any atom is -0.493 e. The van der Waals surface area contributed by atoms with E-state index in [1.807, 2.05) is 13.8 Å². The molecule has 2 nitrogen and oxygen atoms in total. The highest BCUT2D eigenvalue weighted by Gasteiger charge is 1.73. The lowest BCUT2D eigenvalue weighted by Gasteiger charge is -1.79. The van der Waals surface area contributed by atoms with Gasteiger partial charge < -0.3 is 5.11 Å². The van der Waals surface area contributed by atoms with Crippen LogP contribution in [0.25, 0.3) is 0 Å². The first kappa shape index (κ1) is 10.8. The van der Waals surface area contributed by atoms with Crippen LogP contribution in [0.15, 0.2) is 29.6 Å². The molecule has 0 rings (SSSR count). The van der Waals surface area contributed by atoms with E-state index in [0.717, 1.165) is 0 Å². The molecule has 0 aromatic heterocycles. The van der Waals surface area contributed by atoms with Crippen LogP contribution in [-0.2, 0) is 0 Å². The Balaban J connectivity index is 0. The van der Waals surface area contributed by atoms with Crippen molar-refractivity contribution in [3.05, 3.63) is 24.6 Å². The third kappa shape index (κ3) is 10.9. The molecule has 52 valence electrons. The van der Waals surface area contributed by atoms with E-state index in [2.05, 4.69) is 18.3 Å². The van der Waals surface area contributed by atoms with Crippen LogP contribution < -0.4 is 0 Å². The highest BCUT2D eigenvalue weighted by molar-refractivity contribution is 5.27. The fourth-order valence-corrected chi connectivity index (χ4v) is 0.158. The maximum Gasteiger partial charge on any atom is 0.210 e. The van der Waals surface area contributed by atoms with Crippen LogP contribution in [0.5, 0.6) is 0 Å². The monoisotopic (exact) mass is 127 g/mol. The molecule has 9 heavy (non-hydrogen) atoms. The van der Waals surface area contributed by atoms with E-state index in [4.69, 9.17) is 5.11 Å². The molecule has 0 saturated heterocycles. The topological polar surface area (TPSA) is 32.6 Å². The fourth-order valence-electron chi connectivity index (χ4n) is 0.158. The van der Waals surface area contributed by atoms with Gasteiger partial charge in [-0.3, -0.25) is 0 Å². The molecule has 0 aliphatic heterocycles. The molecule has 0 fully saturated rings. The molecule has 0 bridgehead atoms. The molecule has 0 saturated carbocycles. The Morgan fingerprint density at radius 1 is 1.56 bits per heavy atom. The summed E-state index contributed by atoms with van der Waals surface area (Å²) in [6.07, 6.45) is 2.79. The van der Waals surface area contributed by atoms with Crippen LogP contribution in [0.4, 0.5) is 0 Å². The maximum absolute atomic E-state index is 8.42. The first-order valence-electron chi connectivity index (χ1n) is 2.79. The van der Waals surface area contributed by atoms with Crippen LogP contribution in [-0.4, -0.2) is 11.8 Å². The van der Waals surface area contributed by atoms with Crippen LogP contribution in [0.1, 0.15) is 13.8 Å². The number of hydrogen-bond acceptors (Lipinski definition) is 2. The van der Waals surface area contributed by atoms with E-state index in [0.29, 0.717) is 0 Å². The minimum absolute atomic E-state index is 0.102. The second kappa shape index (κ2) is 10.0. The van der Waals surface area contributed by atoms with Crippen LogP contribution in [0.3, 0.4) is 0 Å². The Labute approximate surface area is 56.2 Å². The normalized spacial score (nSPS) is 8.89. The van der Waals surface area contributed by atoms with Gasteiger partial charge in [-0.2, -0.15) is 0 Å². The van der Waals surface area contributed by atoms with E-state index in [1.54, 1.807) is 0 Å². The summed E-state index contributed by atoms with van der Waals surface area (Å²) in [4.78, 5) is 3.17. The van der Waals surface area contributed by atoms with Gasteiger partial charge in [-0.25, -0.2) is 4.99 Å². The first-order chi connectivity index (χ1) is 4.31. The van der Waals surface area contributed by atoms with Gasteiger partial charge in [0.1, 0.15) is 0 Å². The third-order valence-electron chi connectivity index (χ3n) is 0.429. The second-order valence-corrected chi connectivity index (χ2v) is 0.919. The molecular formula is C7H13NO. The van der Waals surface area contributed by atoms with Crippen molar-refractivity contribution in [2.45, 2.75) is 13.8 Å². The van der Waals surface area contributed by atoms with E-state index < -0.39 is 0 Å². The average molecular weight is 127 g/mol. The number of aliphatic imine (C=N–C) groups is 1. The molecule has 2 heteroatoms. The van der Waals surface area contributed by atoms with Gasteiger partial charge in [0.05, 0.1) is 0 Å². The van der Waals surface area contributed by atoms with Crippen molar-refractivity contribution in [3.8, 4) is 0 Å². The first-order valence-corrected chi connectivity index (χ1v) is 2.79. The molecule has 1 N–H and O–H groups in total. The van der Waals surface area contributed by atoms with Crippen molar-refractivity contribution in [2.24, 2.45) is 4.99 Å². The van der Waals surface area contributed by atoms with Gasteiger partial charge >= 0.3 is 0 Å². The third-order valence-corrected chi connectivity index (χ3v) is 0.429. The highest BCUT2D eigenvalue weighted by Crippen LogP contribution is 1.85. The number of nitrogens with zero attached hydrogens (tertiary/aromatic N) is 1. The summed E-state index contributed by atoms with van der Waals surface area (Å²) in [5, 5.41) is 8.42. The lowest BCUT2D eigenvalue weighted by atomic mass is 10.6. The number of allylic oxidation sites excluding steroid dienone is 2. The summed E-state index contributed by atoms with van der Waals surface area (Å²) in [5.74, 6) is -0.102. The van der Waals surface area contributed by atoms with Gasteiger partial charge in [0.25, 0.3) is 0 Å². The number of aliphatic hydroxyl groups excluding tert-OH is 1. The van der Waals surface area contributed by atoms with E-state index in [-0.39, 0.29) is 5.88 Å². The lowest BCUT2D eigenvalue weighted by Crippen LogP contribution is -1.67. The van der Waals surface area contributed by atoms with Crippen LogP contribution in [0, 0.1) is 0 Å². The fraction of sp³-hybridized carbons (Fsp3) is 0.286. The number of hydrogen-bond donors (Lipinski definition) is 1. The predicted octanol–water partition coefficient (Wildman–Crippen LogP) is 2.30. The van der Waals surface area contributed by atoms with E-state index in [9.17, 15) is 0 Å². The molecule has 0 spiro atoms. The Bertz CT molecular complexity index is 105. The zero-order chi connectivity index (χ0) is 7.70. The summed E-state index contributed by atoms with van der Waals surface area (Å²) < 4.78 is 0. The molecular weight excluding hydrogens is 114 g/mol. The smallest absolute Gasteiger partial charge is 0.210 e. The Kier molecular flexibility index (Phi) is 12.1. The zero-order valence-corrected chi connectivity index (χ0v) is 5.96. The van der Waals surface area contributed by atoms with Crippen molar-refractivity contribution in [2.75, 3.05) is 0 Å². The molecule has 0 aromatic rings. The Morgan fingerprint density at radius 3 is 2.11 bits per heavy atom. The van der Waals surface area contributed by atoms with Gasteiger partial charge in [-0.15, -0.1) is 0 Å². The SMILES string of the molecule is C=C/C=C(/O)N=C.CC. The molecule has 0 atom stereocenters. The predicted molar refractivity (Wildman–Crippen MR) is 41.8 cm³/mol. The number of rotatable bonds is 2. The van der Waals surface area contributed by atoms with Gasteiger partial charge in [-0.05, 0) is 12.8 Å². The highest BCUT2D eigenvalue weighted by atomic mass is 16.3. The van der Waals surface area contributed by atoms with Gasteiger partial charge in [0.15, 0.2) is 0 Å². The van der Waals surface area contributed by atoms with Gasteiger partial charge in [0, 0.05) is 0 Å². The van der Waals surface area contributed by atoms with Gasteiger partial charge in [-0.1, -0.05) is 26.5 Å². The van der Waals surface area contributed by atoms with Crippen LogP contribution >= 0.6 is 0 Å². The Morgan fingerprint density at radius 2 is 2.00 bits per heavy atom. The summed E-state index contributed by atoms with van der Waals surface area (Å²) in [6.45, 7) is 10.4. The summed E-state index contributed by atoms with van der Waals surface area (Å²) >= 11 is 0. The molecule has 0 heterocycles. The largest absolute Gasteiger partial charge is 0.493 e. The van der Waals surface area contributed by atoms with E-state index in [1.165, 1.54) is 12.2 Å². The van der Waals surface area contributed by atoms with Crippen molar-refractivity contribution < 1.29 is 5.11 Å². The molecule has 0 radical (unpaired) electrons. The summed E-state index contributed by atoms with van der Waals surface area (Å²) in [5.41, 5.74) is 0. The molecule has 0 amide bonds. The maximum atomic E-state index is 8.42. The quantitative estimate of drug-likeness (QED) is 0.344. The van der Waals surface area contributed by atoms with Crippen molar-refractivity contribution in [3.63, 3.8) is 0 Å². The average Bonchev–Trinajstić information content (AvgIpc) is 1.93. The van der Waals surface area contributed by atoms with Crippen molar-refractivity contribution in [1.29, 1.82) is 0 Å². The standard InChI is InChI=1S/C5H7NO.C2H6/c1-3-4-5(7)6-2;1-2/h3-4,7H,1-2H2;1-2H3/b5-4+;. The van der Waals surface area contributed by atoms with Crippen molar-refractivity contribution >= 4 is 6.72 Å². The number of aliphatic hydroxyl groups is 1. The van der Waals surface area contributed by atoms with Crippen molar-refractivity contribution in [1.82, 2.24) is 0 Å². The lowest BCUT2D eigenvalue weighted by molar-refractivity contribution is 0.408. The summed E-state index contributed by atoms with van der Waals surface area (Å²) in [6, 6.07) is 0. The second-order valence-electron chi connectivity index (χ2n) is 0.919. The van der Waals surface area contributed by atoms with Crippen LogP contribution in [0.2, 0.25) is 0 Å². The van der Waals surface area contributed by atoms with E-state index >= 15 is 0 Å². The van der Waals surface area contributed by atoms with Gasteiger partial charge in [0.2, 0.25) is 5.88 Å². The molecule has 0 aliphatic rings. The zero-order valence-electron chi connectivity index (χ0n) is 5.96. The summed E-state index contributed by atoms with van der Waals surface area (Å²) in [7, 11) is 0.